The van der Waals surface area contributed by atoms with Crippen LogP contribution in [0.25, 0.3) is 0 Å². The van der Waals surface area contributed by atoms with Crippen LogP contribution < -0.4 is 5.32 Å². The van der Waals surface area contributed by atoms with Crippen LogP contribution in [-0.4, -0.2) is 49.9 Å². The number of rotatable bonds is 2. The highest BCUT2D eigenvalue weighted by Crippen LogP contribution is 2.23. The molecule has 0 unspecified atom stereocenters. The van der Waals surface area contributed by atoms with Crippen molar-refractivity contribution in [2.24, 2.45) is 4.99 Å². The normalized spacial score (nSPS) is 20.4. The van der Waals surface area contributed by atoms with Gasteiger partial charge in [-0.1, -0.05) is 12.1 Å². The third-order valence-electron chi connectivity index (χ3n) is 4.23. The van der Waals surface area contributed by atoms with E-state index in [1.165, 1.54) is 6.07 Å². The van der Waals surface area contributed by atoms with Crippen LogP contribution in [0, 0.1) is 12.7 Å². The number of halogens is 1. The van der Waals surface area contributed by atoms with Crippen LogP contribution in [0.2, 0.25) is 0 Å². The van der Waals surface area contributed by atoms with Gasteiger partial charge in [0, 0.05) is 26.7 Å². The molecule has 1 saturated heterocycles. The second-order valence-corrected chi connectivity index (χ2v) is 9.23. The first-order valence-corrected chi connectivity index (χ1v) is 9.24. The van der Waals surface area contributed by atoms with E-state index in [0.29, 0.717) is 31.2 Å². The number of sulfone groups is 1. The molecule has 0 bridgehead atoms. The van der Waals surface area contributed by atoms with Gasteiger partial charge in [-0.25, -0.2) is 12.8 Å². The van der Waals surface area contributed by atoms with Crippen molar-refractivity contribution in [3.8, 4) is 0 Å². The number of guanidine groups is 1. The summed E-state index contributed by atoms with van der Waals surface area (Å²) in [6.45, 7) is 6.55. The Morgan fingerprint density at radius 1 is 1.43 bits per heavy atom. The highest BCUT2D eigenvalue weighted by Gasteiger charge is 2.40. The van der Waals surface area contributed by atoms with E-state index < -0.39 is 14.6 Å². The van der Waals surface area contributed by atoms with Gasteiger partial charge < -0.3 is 10.2 Å². The van der Waals surface area contributed by atoms with Gasteiger partial charge in [0.1, 0.15) is 5.82 Å². The van der Waals surface area contributed by atoms with E-state index in [9.17, 15) is 12.8 Å². The standard InChI is InChI=1S/C16H24FN3O2S/c1-12-9-13(5-6-14(12)17)10-19-15(18-4)20-7-8-23(21,22)16(2,3)11-20/h5-6,9H,7-8,10-11H2,1-4H3,(H,18,19). The van der Waals surface area contributed by atoms with E-state index >= 15 is 0 Å². The van der Waals surface area contributed by atoms with Gasteiger partial charge in [0.25, 0.3) is 0 Å². The van der Waals surface area contributed by atoms with Gasteiger partial charge in [-0.05, 0) is 38.0 Å². The number of hydrogen-bond donors (Lipinski definition) is 1. The van der Waals surface area contributed by atoms with E-state index in [2.05, 4.69) is 10.3 Å². The second kappa shape index (κ2) is 6.47. The molecule has 1 aromatic rings. The summed E-state index contributed by atoms with van der Waals surface area (Å²) in [4.78, 5) is 6.20. The summed E-state index contributed by atoms with van der Waals surface area (Å²) in [6, 6.07) is 4.97. The van der Waals surface area contributed by atoms with Crippen LogP contribution in [0.3, 0.4) is 0 Å². The van der Waals surface area contributed by atoms with Crippen molar-refractivity contribution in [1.82, 2.24) is 10.2 Å². The van der Waals surface area contributed by atoms with Crippen molar-refractivity contribution >= 4 is 15.8 Å². The van der Waals surface area contributed by atoms with Crippen LogP contribution in [0.15, 0.2) is 23.2 Å². The Balaban J connectivity index is 2.05. The fraction of sp³-hybridized carbons (Fsp3) is 0.562. The average Bonchev–Trinajstić information content (AvgIpc) is 2.47. The minimum Gasteiger partial charge on any atom is -0.352 e. The molecule has 1 aliphatic heterocycles. The predicted molar refractivity (Wildman–Crippen MR) is 90.8 cm³/mol. The van der Waals surface area contributed by atoms with E-state index in [-0.39, 0.29) is 11.6 Å². The zero-order chi connectivity index (χ0) is 17.3. The zero-order valence-corrected chi connectivity index (χ0v) is 14.9. The first-order chi connectivity index (χ1) is 10.7. The van der Waals surface area contributed by atoms with Crippen LogP contribution in [0.1, 0.15) is 25.0 Å². The van der Waals surface area contributed by atoms with Crippen LogP contribution in [0.4, 0.5) is 4.39 Å². The van der Waals surface area contributed by atoms with E-state index in [1.807, 2.05) is 4.90 Å². The third-order valence-corrected chi connectivity index (χ3v) is 6.76. The molecule has 128 valence electrons. The lowest BCUT2D eigenvalue weighted by Gasteiger charge is -2.39. The topological polar surface area (TPSA) is 61.8 Å². The molecule has 1 aromatic carbocycles. The molecule has 0 spiro atoms. The van der Waals surface area contributed by atoms with Gasteiger partial charge in [0.05, 0.1) is 10.5 Å². The second-order valence-electron chi connectivity index (χ2n) is 6.48. The van der Waals surface area contributed by atoms with Crippen molar-refractivity contribution in [2.75, 3.05) is 25.9 Å². The van der Waals surface area contributed by atoms with Crippen LogP contribution >= 0.6 is 0 Å². The molecule has 0 atom stereocenters. The largest absolute Gasteiger partial charge is 0.352 e. The summed E-state index contributed by atoms with van der Waals surface area (Å²) in [7, 11) is -1.40. The first-order valence-electron chi connectivity index (χ1n) is 7.59. The maximum atomic E-state index is 13.3. The number of nitrogens with zero attached hydrogens (tertiary/aromatic N) is 2. The Morgan fingerprint density at radius 2 is 2.13 bits per heavy atom. The molecule has 1 fully saturated rings. The van der Waals surface area contributed by atoms with Gasteiger partial charge in [0.15, 0.2) is 15.8 Å². The third kappa shape index (κ3) is 3.83. The number of aliphatic imine (C=N–C) groups is 1. The van der Waals surface area contributed by atoms with Gasteiger partial charge in [-0.15, -0.1) is 0 Å². The average molecular weight is 341 g/mol. The summed E-state index contributed by atoms with van der Waals surface area (Å²) < 4.78 is 36.7. The van der Waals surface area contributed by atoms with Crippen molar-refractivity contribution in [3.05, 3.63) is 35.1 Å². The molecule has 0 aromatic heterocycles. The van der Waals surface area contributed by atoms with Crippen molar-refractivity contribution in [1.29, 1.82) is 0 Å². The fourth-order valence-corrected chi connectivity index (χ4v) is 4.02. The molecule has 0 amide bonds. The predicted octanol–water partition coefficient (Wildman–Crippen LogP) is 1.72. The Labute approximate surface area is 137 Å². The van der Waals surface area contributed by atoms with Gasteiger partial charge in [-0.3, -0.25) is 4.99 Å². The van der Waals surface area contributed by atoms with Crippen LogP contribution in [0.5, 0.6) is 0 Å². The molecule has 1 N–H and O–H groups in total. The molecule has 2 rings (SSSR count). The number of aryl methyl sites for hydroxylation is 1. The van der Waals surface area contributed by atoms with E-state index in [4.69, 9.17) is 0 Å². The van der Waals surface area contributed by atoms with Crippen LogP contribution in [-0.2, 0) is 16.4 Å². The van der Waals surface area contributed by atoms with Gasteiger partial charge in [-0.2, -0.15) is 0 Å². The van der Waals surface area contributed by atoms with Crippen molar-refractivity contribution in [3.63, 3.8) is 0 Å². The Morgan fingerprint density at radius 3 is 2.70 bits per heavy atom. The monoisotopic (exact) mass is 341 g/mol. The fourth-order valence-electron chi connectivity index (χ4n) is 2.65. The number of nitrogens with one attached hydrogen (secondary N) is 1. The number of hydrogen-bond acceptors (Lipinski definition) is 3. The summed E-state index contributed by atoms with van der Waals surface area (Å²) in [5.41, 5.74) is 1.55. The van der Waals surface area contributed by atoms with Crippen molar-refractivity contribution in [2.45, 2.75) is 32.1 Å². The summed E-state index contributed by atoms with van der Waals surface area (Å²) in [5, 5.41) is 3.23. The maximum absolute atomic E-state index is 13.3. The molecule has 0 radical (unpaired) electrons. The molecular formula is C16H24FN3O2S. The lowest BCUT2D eigenvalue weighted by atomic mass is 10.1. The highest BCUT2D eigenvalue weighted by atomic mass is 32.2. The SMILES string of the molecule is CN=C(NCc1ccc(F)c(C)c1)N1CCS(=O)(=O)C(C)(C)C1. The van der Waals surface area contributed by atoms with E-state index in [0.717, 1.165) is 5.56 Å². The number of benzene rings is 1. The van der Waals surface area contributed by atoms with E-state index in [1.54, 1.807) is 40.0 Å². The molecular weight excluding hydrogens is 317 g/mol. The highest BCUT2D eigenvalue weighted by molar-refractivity contribution is 7.92. The van der Waals surface area contributed by atoms with Gasteiger partial charge >= 0.3 is 0 Å². The molecule has 0 aliphatic carbocycles. The van der Waals surface area contributed by atoms with Gasteiger partial charge in [0.2, 0.25) is 0 Å². The minimum atomic E-state index is -3.08. The Bertz CT molecular complexity index is 714. The molecule has 23 heavy (non-hydrogen) atoms. The summed E-state index contributed by atoms with van der Waals surface area (Å²) in [5.74, 6) is 0.562. The smallest absolute Gasteiger partial charge is 0.193 e. The molecule has 7 heteroatoms. The molecule has 5 nitrogen and oxygen atoms in total. The quantitative estimate of drug-likeness (QED) is 0.657. The minimum absolute atomic E-state index is 0.121. The molecule has 0 saturated carbocycles. The molecule has 1 heterocycles. The molecule has 1 aliphatic rings. The Kier molecular flexibility index (Phi) is 4.98. The lowest BCUT2D eigenvalue weighted by Crippen LogP contribution is -2.57. The summed E-state index contributed by atoms with van der Waals surface area (Å²) >= 11 is 0. The zero-order valence-electron chi connectivity index (χ0n) is 14.1. The lowest BCUT2D eigenvalue weighted by molar-refractivity contribution is 0.353. The maximum Gasteiger partial charge on any atom is 0.193 e. The Hall–Kier alpha value is -1.63. The summed E-state index contributed by atoms with van der Waals surface area (Å²) in [6.07, 6.45) is 0. The van der Waals surface area contributed by atoms with Crippen molar-refractivity contribution < 1.29 is 12.8 Å². The first kappa shape index (κ1) is 17.7.